The summed E-state index contributed by atoms with van der Waals surface area (Å²) in [4.78, 5) is 14.1. The summed E-state index contributed by atoms with van der Waals surface area (Å²) in [5.74, 6) is -0.373. The Morgan fingerprint density at radius 1 is 1.35 bits per heavy atom. The molecule has 1 saturated heterocycles. The monoisotopic (exact) mass is 338 g/mol. The number of aromatic nitrogens is 3. The molecule has 1 atom stereocenters. The summed E-state index contributed by atoms with van der Waals surface area (Å²) in [5, 5.41) is 7.43. The van der Waals surface area contributed by atoms with Gasteiger partial charge in [-0.15, -0.1) is 5.10 Å². The first kappa shape index (κ1) is 15.9. The molecule has 0 unspecified atom stereocenters. The molecule has 2 heterocycles. The highest BCUT2D eigenvalue weighted by atomic mass is 32.2. The predicted molar refractivity (Wildman–Crippen MR) is 83.1 cm³/mol. The zero-order valence-corrected chi connectivity index (χ0v) is 13.4. The van der Waals surface area contributed by atoms with Crippen molar-refractivity contribution in [2.75, 3.05) is 18.8 Å². The summed E-state index contributed by atoms with van der Waals surface area (Å²) in [7, 11) is 1.70. The molecule has 1 amide bonds. The van der Waals surface area contributed by atoms with Crippen LogP contribution in [0, 0.1) is 11.6 Å². The lowest BCUT2D eigenvalue weighted by atomic mass is 10.1. The molecular weight excluding hydrogens is 322 g/mol. The fourth-order valence-corrected chi connectivity index (χ4v) is 3.83. The summed E-state index contributed by atoms with van der Waals surface area (Å²) in [5.41, 5.74) is 0.664. The second-order valence-corrected chi connectivity index (χ2v) is 6.69. The van der Waals surface area contributed by atoms with Gasteiger partial charge in [0.05, 0.1) is 6.20 Å². The molecule has 1 aliphatic rings. The molecule has 0 aliphatic carbocycles. The number of rotatable bonds is 2. The Labute approximate surface area is 136 Å². The number of hydrogen-bond acceptors (Lipinski definition) is 4. The molecule has 0 radical (unpaired) electrons. The van der Waals surface area contributed by atoms with Gasteiger partial charge in [0.25, 0.3) is 5.91 Å². The molecule has 5 nitrogen and oxygen atoms in total. The number of nitrogens with zero attached hydrogens (tertiary/aromatic N) is 4. The molecule has 0 bridgehead atoms. The maximum Gasteiger partial charge on any atom is 0.276 e. The van der Waals surface area contributed by atoms with Gasteiger partial charge >= 0.3 is 0 Å². The van der Waals surface area contributed by atoms with Crippen molar-refractivity contribution in [3.05, 3.63) is 47.3 Å². The van der Waals surface area contributed by atoms with E-state index in [1.807, 2.05) is 0 Å². The highest BCUT2D eigenvalue weighted by Gasteiger charge is 2.26. The third-order valence-corrected chi connectivity index (χ3v) is 5.07. The molecule has 3 rings (SSSR count). The normalized spacial score (nSPS) is 18.7. The van der Waals surface area contributed by atoms with E-state index in [-0.39, 0.29) is 11.2 Å². The largest absolute Gasteiger partial charge is 0.336 e. The number of hydrogen-bond donors (Lipinski definition) is 0. The lowest BCUT2D eigenvalue weighted by Crippen LogP contribution is -2.33. The van der Waals surface area contributed by atoms with Crippen molar-refractivity contribution in [2.45, 2.75) is 11.7 Å². The Kier molecular flexibility index (Phi) is 4.61. The van der Waals surface area contributed by atoms with Crippen molar-refractivity contribution in [2.24, 2.45) is 7.05 Å². The topological polar surface area (TPSA) is 51.0 Å². The molecular formula is C15H16F2N4OS. The van der Waals surface area contributed by atoms with Crippen LogP contribution in [0.5, 0.6) is 0 Å². The second-order valence-electron chi connectivity index (χ2n) is 5.38. The van der Waals surface area contributed by atoms with Crippen LogP contribution in [0.1, 0.15) is 27.7 Å². The van der Waals surface area contributed by atoms with Gasteiger partial charge in [-0.25, -0.2) is 8.78 Å². The van der Waals surface area contributed by atoms with Crippen LogP contribution in [0.4, 0.5) is 8.78 Å². The van der Waals surface area contributed by atoms with Crippen molar-refractivity contribution < 1.29 is 13.6 Å². The van der Waals surface area contributed by atoms with Gasteiger partial charge in [0, 0.05) is 36.7 Å². The number of carbonyl (C=O) groups excluding carboxylic acids is 1. The third kappa shape index (κ3) is 3.52. The van der Waals surface area contributed by atoms with Crippen LogP contribution in [0.25, 0.3) is 0 Å². The third-order valence-electron chi connectivity index (χ3n) is 3.76. The van der Waals surface area contributed by atoms with E-state index in [4.69, 9.17) is 0 Å². The molecule has 1 aromatic heterocycles. The van der Waals surface area contributed by atoms with Crippen LogP contribution >= 0.6 is 11.8 Å². The minimum Gasteiger partial charge on any atom is -0.336 e. The van der Waals surface area contributed by atoms with Crippen molar-refractivity contribution in [1.82, 2.24) is 19.9 Å². The van der Waals surface area contributed by atoms with Crippen LogP contribution in [0.3, 0.4) is 0 Å². The lowest BCUT2D eigenvalue weighted by molar-refractivity contribution is 0.0760. The molecule has 1 aliphatic heterocycles. The maximum atomic E-state index is 13.9. The first-order valence-electron chi connectivity index (χ1n) is 7.27. The maximum absolute atomic E-state index is 13.9. The molecule has 23 heavy (non-hydrogen) atoms. The molecule has 0 spiro atoms. The Bertz CT molecular complexity index is 721. The summed E-state index contributed by atoms with van der Waals surface area (Å²) in [6, 6.07) is 3.51. The summed E-state index contributed by atoms with van der Waals surface area (Å²) >= 11 is 1.54. The van der Waals surface area contributed by atoms with Crippen LogP contribution in [0.15, 0.2) is 24.4 Å². The van der Waals surface area contributed by atoms with Crippen LogP contribution in [-0.2, 0) is 7.05 Å². The van der Waals surface area contributed by atoms with Crippen molar-refractivity contribution in [1.29, 1.82) is 0 Å². The van der Waals surface area contributed by atoms with Gasteiger partial charge in [-0.3, -0.25) is 9.48 Å². The summed E-state index contributed by atoms with van der Waals surface area (Å²) < 4.78 is 28.8. The number of thioether (sulfide) groups is 1. The van der Waals surface area contributed by atoms with E-state index in [1.54, 1.807) is 18.1 Å². The number of benzene rings is 1. The highest BCUT2D eigenvalue weighted by Crippen LogP contribution is 2.36. The molecule has 2 aromatic rings. The number of halogens is 2. The van der Waals surface area contributed by atoms with Gasteiger partial charge in [-0.1, -0.05) is 5.21 Å². The Balaban J connectivity index is 1.72. The number of amides is 1. The summed E-state index contributed by atoms with van der Waals surface area (Å²) in [6.07, 6.45) is 2.14. The minimum atomic E-state index is -0.446. The van der Waals surface area contributed by atoms with E-state index >= 15 is 0 Å². The van der Waals surface area contributed by atoms with Crippen molar-refractivity contribution >= 4 is 17.7 Å². The van der Waals surface area contributed by atoms with E-state index in [2.05, 4.69) is 10.3 Å². The first-order valence-corrected chi connectivity index (χ1v) is 8.31. The molecule has 0 saturated carbocycles. The van der Waals surface area contributed by atoms with E-state index in [9.17, 15) is 13.6 Å². The quantitative estimate of drug-likeness (QED) is 0.844. The van der Waals surface area contributed by atoms with Crippen LogP contribution < -0.4 is 0 Å². The molecule has 0 N–H and O–H groups in total. The molecule has 122 valence electrons. The molecule has 1 aromatic carbocycles. The van der Waals surface area contributed by atoms with Gasteiger partial charge in [0.2, 0.25) is 0 Å². The second kappa shape index (κ2) is 6.66. The fraction of sp³-hybridized carbons (Fsp3) is 0.400. The summed E-state index contributed by atoms with van der Waals surface area (Å²) in [6.45, 7) is 1.02. The molecule has 1 fully saturated rings. The van der Waals surface area contributed by atoms with Crippen molar-refractivity contribution in [3.63, 3.8) is 0 Å². The van der Waals surface area contributed by atoms with Gasteiger partial charge in [0.1, 0.15) is 11.6 Å². The number of aryl methyl sites for hydroxylation is 1. The zero-order valence-electron chi connectivity index (χ0n) is 12.6. The first-order chi connectivity index (χ1) is 11.0. The zero-order chi connectivity index (χ0) is 16.4. The smallest absolute Gasteiger partial charge is 0.276 e. The lowest BCUT2D eigenvalue weighted by Gasteiger charge is -2.19. The molecule has 8 heteroatoms. The fourth-order valence-electron chi connectivity index (χ4n) is 2.59. The van der Waals surface area contributed by atoms with Gasteiger partial charge in [-0.05, 0) is 24.6 Å². The Morgan fingerprint density at radius 3 is 2.91 bits per heavy atom. The van der Waals surface area contributed by atoms with E-state index in [0.29, 0.717) is 36.5 Å². The van der Waals surface area contributed by atoms with Crippen molar-refractivity contribution in [3.8, 4) is 0 Å². The van der Waals surface area contributed by atoms with Gasteiger partial charge < -0.3 is 4.90 Å². The van der Waals surface area contributed by atoms with Crippen LogP contribution in [0.2, 0.25) is 0 Å². The highest BCUT2D eigenvalue weighted by molar-refractivity contribution is 7.99. The predicted octanol–water partition coefficient (Wildman–Crippen LogP) is 2.41. The minimum absolute atomic E-state index is 0.162. The van der Waals surface area contributed by atoms with Gasteiger partial charge in [-0.2, -0.15) is 11.8 Å². The average Bonchev–Trinajstić information content (AvgIpc) is 2.82. The van der Waals surface area contributed by atoms with E-state index < -0.39 is 11.6 Å². The van der Waals surface area contributed by atoms with E-state index in [0.717, 1.165) is 12.1 Å². The van der Waals surface area contributed by atoms with Crippen LogP contribution in [-0.4, -0.2) is 44.6 Å². The Hall–Kier alpha value is -1.96. The number of carbonyl (C=O) groups is 1. The average molecular weight is 338 g/mol. The van der Waals surface area contributed by atoms with Gasteiger partial charge in [0.15, 0.2) is 5.69 Å². The standard InChI is InChI=1S/C15H16F2N4OS/c1-20-9-13(18-19-20)15(22)21-5-4-14(23-7-6-21)11-8-10(16)2-3-12(11)17/h2-3,8-9,14H,4-7H2,1H3/t14-/m0/s1. The Morgan fingerprint density at radius 2 is 2.17 bits per heavy atom. The SMILES string of the molecule is Cn1cc(C(=O)N2CCS[C@H](c3cc(F)ccc3F)CC2)nn1. The van der Waals surface area contributed by atoms with E-state index in [1.165, 1.54) is 22.5 Å².